The summed E-state index contributed by atoms with van der Waals surface area (Å²) in [4.78, 5) is 23.1. The zero-order chi connectivity index (χ0) is 17.0. The van der Waals surface area contributed by atoms with Crippen LogP contribution in [0.25, 0.3) is 0 Å². The number of anilines is 1. The molecule has 0 aliphatic rings. The number of carbonyl (C=O) groups excluding carboxylic acids is 2. The number of phenolic OH excluding ortho intramolecular Hbond substituents is 1. The van der Waals surface area contributed by atoms with Gasteiger partial charge in [-0.25, -0.2) is 0 Å². The third-order valence-corrected chi connectivity index (χ3v) is 5.77. The summed E-state index contributed by atoms with van der Waals surface area (Å²) in [5, 5.41) is 11.8. The molecule has 0 aliphatic heterocycles. The summed E-state index contributed by atoms with van der Waals surface area (Å²) < 4.78 is 27.1. The Morgan fingerprint density at radius 3 is 2.39 bits per heavy atom. The summed E-state index contributed by atoms with van der Waals surface area (Å²) >= 11 is -5.28. The van der Waals surface area contributed by atoms with Crippen LogP contribution in [0.4, 0.5) is 5.69 Å². The molecule has 0 fully saturated rings. The van der Waals surface area contributed by atoms with Crippen LogP contribution in [0.2, 0.25) is 0 Å². The van der Waals surface area contributed by atoms with Crippen molar-refractivity contribution in [2.45, 2.75) is 6.92 Å². The van der Waals surface area contributed by atoms with E-state index in [2.05, 4.69) is 5.32 Å². The van der Waals surface area contributed by atoms with Crippen molar-refractivity contribution in [3.05, 3.63) is 54.1 Å². The van der Waals surface area contributed by atoms with E-state index >= 15 is 0 Å². The van der Waals surface area contributed by atoms with Gasteiger partial charge in [0.2, 0.25) is 0 Å². The van der Waals surface area contributed by atoms with Gasteiger partial charge in [0, 0.05) is 0 Å². The molecule has 8 heteroatoms. The molecule has 0 bridgehead atoms. The summed E-state index contributed by atoms with van der Waals surface area (Å²) in [6, 6.07) is 11.2. The van der Waals surface area contributed by atoms with E-state index in [9.17, 15) is 22.5 Å². The Kier molecular flexibility index (Phi) is 4.93. The van der Waals surface area contributed by atoms with Crippen molar-refractivity contribution < 1.29 is 26.3 Å². The number of amides is 1. The Labute approximate surface area is 134 Å². The molecule has 0 aromatic heterocycles. The van der Waals surface area contributed by atoms with Crippen LogP contribution < -0.4 is 9.67 Å². The van der Waals surface area contributed by atoms with Crippen molar-refractivity contribution in [1.29, 1.82) is 0 Å². The molecule has 0 saturated heterocycles. The van der Waals surface area contributed by atoms with Gasteiger partial charge in [0.1, 0.15) is 0 Å². The number of nitrogens with one attached hydrogen (secondary N) is 1. The normalized spacial score (nSPS) is 13.0. The van der Waals surface area contributed by atoms with Crippen LogP contribution in [0.15, 0.2) is 48.5 Å². The molecular weight excluding hydrogens is 365 g/mol. The Morgan fingerprint density at radius 2 is 1.78 bits per heavy atom. The van der Waals surface area contributed by atoms with E-state index in [-0.39, 0.29) is 21.4 Å². The molecule has 7 nitrogen and oxygen atoms in total. The molecule has 1 unspecified atom stereocenters. The van der Waals surface area contributed by atoms with Crippen LogP contribution in [0.5, 0.6) is 5.75 Å². The average molecular weight is 379 g/mol. The van der Waals surface area contributed by atoms with E-state index < -0.39 is 26.0 Å². The number of hydrogen-bond acceptors (Lipinski definition) is 5. The number of rotatable bonds is 4. The van der Waals surface area contributed by atoms with Gasteiger partial charge < -0.3 is 0 Å². The number of aromatic hydroxyl groups is 1. The first-order valence-electron chi connectivity index (χ1n) is 6.52. The molecule has 0 aliphatic carbocycles. The van der Waals surface area contributed by atoms with Gasteiger partial charge in [-0.15, -0.1) is 0 Å². The van der Waals surface area contributed by atoms with Crippen molar-refractivity contribution in [2.24, 2.45) is 0 Å². The maximum absolute atomic E-state index is 12.5. The van der Waals surface area contributed by atoms with Crippen LogP contribution in [0.3, 0.4) is 0 Å². The Balaban J connectivity index is 2.34. The molecule has 0 saturated carbocycles. The van der Waals surface area contributed by atoms with Gasteiger partial charge in [-0.2, -0.15) is 0 Å². The van der Waals surface area contributed by atoms with E-state index in [1.807, 2.05) is 0 Å². The topological polar surface area (TPSA) is 113 Å². The molecule has 1 amide bonds. The number of hydrogen-bond donors (Lipinski definition) is 3. The van der Waals surface area contributed by atoms with Crippen LogP contribution in [-0.4, -0.2) is 35.3 Å². The summed E-state index contributed by atoms with van der Waals surface area (Å²) in [5.41, 5.74) is 0.0476. The second kappa shape index (κ2) is 6.72. The second-order valence-corrected chi connectivity index (χ2v) is 8.23. The van der Waals surface area contributed by atoms with Gasteiger partial charge >= 0.3 is 134 Å². The van der Waals surface area contributed by atoms with Gasteiger partial charge in [-0.1, -0.05) is 0 Å². The summed E-state index contributed by atoms with van der Waals surface area (Å²) in [6.45, 7) is 1.21. The van der Waals surface area contributed by atoms with Crippen LogP contribution in [0.1, 0.15) is 17.3 Å². The summed E-state index contributed by atoms with van der Waals surface area (Å²) in [6.07, 6.45) is 0. The maximum atomic E-state index is 12.5. The van der Waals surface area contributed by atoms with Crippen molar-refractivity contribution in [3.8, 4) is 5.75 Å². The molecule has 0 heterocycles. The van der Waals surface area contributed by atoms with Crippen LogP contribution in [0, 0.1) is 0 Å². The zero-order valence-electron chi connectivity index (χ0n) is 12.1. The van der Waals surface area contributed by atoms with Crippen molar-refractivity contribution in [2.75, 3.05) is 5.32 Å². The fraction of sp³-hybridized carbons (Fsp3) is 0.0667. The van der Waals surface area contributed by atoms with Gasteiger partial charge in [-0.05, 0) is 0 Å². The van der Waals surface area contributed by atoms with Gasteiger partial charge in [-0.3, -0.25) is 0 Å². The van der Waals surface area contributed by atoms with E-state index in [0.717, 1.165) is 12.1 Å². The molecule has 2 aromatic carbocycles. The van der Waals surface area contributed by atoms with Crippen molar-refractivity contribution in [3.63, 3.8) is 0 Å². The minimum atomic E-state index is -5.28. The quantitative estimate of drug-likeness (QED) is 0.677. The van der Waals surface area contributed by atoms with E-state index in [1.165, 1.54) is 25.1 Å². The molecule has 2 rings (SSSR count). The number of carbonyl (C=O) groups is 2. The third-order valence-electron chi connectivity index (χ3n) is 2.81. The summed E-state index contributed by atoms with van der Waals surface area (Å²) in [7, 11) is 0. The zero-order valence-corrected chi connectivity index (χ0v) is 14.0. The molecule has 0 radical (unpaired) electrons. The van der Waals surface area contributed by atoms with Crippen LogP contribution >= 0.6 is 0 Å². The van der Waals surface area contributed by atoms with E-state index in [4.69, 9.17) is 3.73 Å². The third kappa shape index (κ3) is 4.25. The first-order chi connectivity index (χ1) is 10.8. The monoisotopic (exact) mass is 379 g/mol. The van der Waals surface area contributed by atoms with Crippen LogP contribution in [-0.2, 0) is 12.3 Å². The fourth-order valence-electron chi connectivity index (χ4n) is 1.85. The Morgan fingerprint density at radius 1 is 1.13 bits per heavy atom. The minimum absolute atomic E-state index is 0.0802. The fourth-order valence-corrected chi connectivity index (χ4v) is 4.19. The number of benzene rings is 2. The van der Waals surface area contributed by atoms with Crippen molar-refractivity contribution >= 4 is 36.1 Å². The molecule has 2 aromatic rings. The molecule has 120 valence electrons. The molecular formula is C15H14AsNO6. The number of phenols is 1. The summed E-state index contributed by atoms with van der Waals surface area (Å²) in [5.74, 6) is -1.65. The molecule has 23 heavy (non-hydrogen) atoms. The Hall–Kier alpha value is -2.50. The molecule has 0 spiro atoms. The molecule has 1 atom stereocenters. The van der Waals surface area contributed by atoms with E-state index in [1.54, 1.807) is 18.2 Å². The second-order valence-electron chi connectivity index (χ2n) is 4.65. The first-order valence-corrected chi connectivity index (χ1v) is 9.83. The van der Waals surface area contributed by atoms with Gasteiger partial charge in [0.05, 0.1) is 0 Å². The van der Waals surface area contributed by atoms with E-state index in [0.29, 0.717) is 0 Å². The van der Waals surface area contributed by atoms with Gasteiger partial charge in [0.25, 0.3) is 0 Å². The first kappa shape index (κ1) is 16.9. The average Bonchev–Trinajstić information content (AvgIpc) is 2.46. The predicted molar refractivity (Wildman–Crippen MR) is 82.6 cm³/mol. The molecule has 3 N–H and O–H groups in total. The SMILES string of the molecule is CC(=O)Nc1cc(O)ccc1[As](=O)(O)OC(=O)c1ccccc1. The standard InChI is InChI=1S/C15H14AsNO6/c1-10(18)17-14-9-12(19)7-8-13(14)16(21,22)23-15(20)11-5-3-2-4-6-11/h2-9,19H,1H3,(H,17,18)(H,21,22). The predicted octanol–water partition coefficient (Wildman–Crippen LogP) is 0.776. The van der Waals surface area contributed by atoms with Crippen molar-refractivity contribution in [1.82, 2.24) is 0 Å². The Bertz CT molecular complexity index is 790. The van der Waals surface area contributed by atoms with Gasteiger partial charge in [0.15, 0.2) is 0 Å².